The first-order valence-corrected chi connectivity index (χ1v) is 8.64. The van der Waals surface area contributed by atoms with Gasteiger partial charge in [0, 0.05) is 16.4 Å². The molecule has 1 rings (SSSR count). The number of carbonyl (C=O) groups excluding carboxylic acids is 3. The number of halogens is 1. The highest BCUT2D eigenvalue weighted by Gasteiger charge is 2.19. The number of carbonyl (C=O) groups is 3. The van der Waals surface area contributed by atoms with Crippen LogP contribution in [0.1, 0.15) is 18.1 Å². The number of rotatable bonds is 5. The number of thioether (sulfide) groups is 1. The summed E-state index contributed by atoms with van der Waals surface area (Å²) in [6, 6.07) is 3.33. The minimum absolute atomic E-state index is 0.0828. The topological polar surface area (TPSA) is 84.5 Å². The van der Waals surface area contributed by atoms with Crippen LogP contribution in [0.3, 0.4) is 0 Å². The molecule has 126 valence electrons. The molecule has 1 aromatic carbocycles. The van der Waals surface area contributed by atoms with Crippen molar-refractivity contribution in [2.24, 2.45) is 0 Å². The lowest BCUT2D eigenvalue weighted by Gasteiger charge is -2.13. The van der Waals surface area contributed by atoms with Gasteiger partial charge < -0.3 is 10.1 Å². The zero-order valence-electron chi connectivity index (χ0n) is 13.4. The second-order valence-electron chi connectivity index (χ2n) is 4.86. The molecule has 1 atom stereocenters. The summed E-state index contributed by atoms with van der Waals surface area (Å²) in [5, 5.41) is 4.30. The third kappa shape index (κ3) is 6.23. The molecular weight excluding hydrogens is 384 g/mol. The Balaban J connectivity index is 2.53. The maximum Gasteiger partial charge on any atom is 0.321 e. The number of benzene rings is 1. The number of aryl methyl sites for hydroxylation is 2. The highest BCUT2D eigenvalue weighted by molar-refractivity contribution is 9.10. The normalized spacial score (nSPS) is 11.5. The molecule has 0 aromatic heterocycles. The predicted octanol–water partition coefficient (Wildman–Crippen LogP) is 2.55. The first kappa shape index (κ1) is 19.5. The van der Waals surface area contributed by atoms with E-state index < -0.39 is 24.0 Å². The SMILES string of the molecule is CNC(=O)NC(=O)[C@H](C)OC(=O)CSc1cc(C)c(Br)cc1C. The van der Waals surface area contributed by atoms with E-state index >= 15 is 0 Å². The molecule has 0 radical (unpaired) electrons. The van der Waals surface area contributed by atoms with Crippen LogP contribution in [0.5, 0.6) is 0 Å². The van der Waals surface area contributed by atoms with Gasteiger partial charge in [0.1, 0.15) is 0 Å². The minimum Gasteiger partial charge on any atom is -0.452 e. The van der Waals surface area contributed by atoms with Crippen molar-refractivity contribution in [2.45, 2.75) is 31.8 Å². The number of amides is 3. The van der Waals surface area contributed by atoms with Gasteiger partial charge in [0.25, 0.3) is 5.91 Å². The molecule has 0 heterocycles. The van der Waals surface area contributed by atoms with Gasteiger partial charge in [0.2, 0.25) is 0 Å². The van der Waals surface area contributed by atoms with Crippen molar-refractivity contribution in [3.8, 4) is 0 Å². The van der Waals surface area contributed by atoms with Crippen molar-refractivity contribution in [3.05, 3.63) is 27.7 Å². The molecule has 6 nitrogen and oxygen atoms in total. The van der Waals surface area contributed by atoms with E-state index in [1.165, 1.54) is 25.7 Å². The summed E-state index contributed by atoms with van der Waals surface area (Å²) in [7, 11) is 1.39. The smallest absolute Gasteiger partial charge is 0.321 e. The van der Waals surface area contributed by atoms with E-state index in [-0.39, 0.29) is 5.75 Å². The summed E-state index contributed by atoms with van der Waals surface area (Å²) in [5.41, 5.74) is 2.12. The number of hydrogen-bond donors (Lipinski definition) is 2. The molecule has 0 fully saturated rings. The van der Waals surface area contributed by atoms with E-state index in [2.05, 4.69) is 26.6 Å². The molecule has 0 saturated heterocycles. The summed E-state index contributed by atoms with van der Waals surface area (Å²) in [6.07, 6.45) is -1.03. The van der Waals surface area contributed by atoms with Crippen molar-refractivity contribution >= 4 is 45.6 Å². The van der Waals surface area contributed by atoms with Gasteiger partial charge >= 0.3 is 12.0 Å². The predicted molar refractivity (Wildman–Crippen MR) is 92.5 cm³/mol. The number of esters is 1. The highest BCUT2D eigenvalue weighted by Crippen LogP contribution is 2.28. The molecule has 0 saturated carbocycles. The zero-order valence-corrected chi connectivity index (χ0v) is 15.8. The highest BCUT2D eigenvalue weighted by atomic mass is 79.9. The van der Waals surface area contributed by atoms with Crippen LogP contribution in [0.15, 0.2) is 21.5 Å². The largest absolute Gasteiger partial charge is 0.452 e. The number of urea groups is 1. The van der Waals surface area contributed by atoms with Crippen LogP contribution in [-0.4, -0.2) is 36.8 Å². The summed E-state index contributed by atoms with van der Waals surface area (Å²) in [6.45, 7) is 5.34. The van der Waals surface area contributed by atoms with Gasteiger partial charge in [-0.05, 0) is 44.0 Å². The molecule has 0 aliphatic rings. The van der Waals surface area contributed by atoms with E-state index in [1.54, 1.807) is 0 Å². The van der Waals surface area contributed by atoms with Crippen LogP contribution < -0.4 is 10.6 Å². The van der Waals surface area contributed by atoms with Gasteiger partial charge in [-0.2, -0.15) is 0 Å². The van der Waals surface area contributed by atoms with Gasteiger partial charge in [0.15, 0.2) is 6.10 Å². The molecule has 3 amide bonds. The Morgan fingerprint density at radius 2 is 1.91 bits per heavy atom. The Kier molecular flexibility index (Phi) is 7.57. The lowest BCUT2D eigenvalue weighted by molar-refractivity contribution is -0.151. The summed E-state index contributed by atoms with van der Waals surface area (Å²) < 4.78 is 6.03. The molecule has 0 bridgehead atoms. The molecule has 8 heteroatoms. The quantitative estimate of drug-likeness (QED) is 0.583. The molecule has 23 heavy (non-hydrogen) atoms. The summed E-state index contributed by atoms with van der Waals surface area (Å²) in [5.74, 6) is -1.10. The fourth-order valence-corrected chi connectivity index (χ4v) is 2.95. The molecular formula is C15H19BrN2O4S. The summed E-state index contributed by atoms with van der Waals surface area (Å²) >= 11 is 4.80. The van der Waals surface area contributed by atoms with Gasteiger partial charge in [0.05, 0.1) is 5.75 Å². The first-order valence-electron chi connectivity index (χ1n) is 6.86. The molecule has 0 aliphatic heterocycles. The Labute approximate surface area is 147 Å². The van der Waals surface area contributed by atoms with E-state index in [9.17, 15) is 14.4 Å². The molecule has 0 spiro atoms. The van der Waals surface area contributed by atoms with Gasteiger partial charge in [-0.15, -0.1) is 11.8 Å². The standard InChI is InChI=1S/C15H19BrN2O4S/c1-8-6-12(9(2)5-11(8)16)23-7-13(19)22-10(3)14(20)18-15(21)17-4/h5-6,10H,7H2,1-4H3,(H2,17,18,20,21)/t10-/m0/s1. The third-order valence-electron chi connectivity index (χ3n) is 2.94. The Morgan fingerprint density at radius 3 is 2.52 bits per heavy atom. The number of ether oxygens (including phenoxy) is 1. The van der Waals surface area contributed by atoms with Crippen molar-refractivity contribution in [3.63, 3.8) is 0 Å². The monoisotopic (exact) mass is 402 g/mol. The van der Waals surface area contributed by atoms with Crippen LogP contribution >= 0.6 is 27.7 Å². The first-order chi connectivity index (χ1) is 10.7. The van der Waals surface area contributed by atoms with Crippen LogP contribution in [0.25, 0.3) is 0 Å². The lowest BCUT2D eigenvalue weighted by atomic mass is 10.2. The second kappa shape index (κ2) is 8.93. The number of nitrogens with one attached hydrogen (secondary N) is 2. The van der Waals surface area contributed by atoms with E-state index in [0.717, 1.165) is 20.5 Å². The van der Waals surface area contributed by atoms with Crippen LogP contribution in [0, 0.1) is 13.8 Å². The van der Waals surface area contributed by atoms with Crippen molar-refractivity contribution in [1.29, 1.82) is 0 Å². The Morgan fingerprint density at radius 1 is 1.26 bits per heavy atom. The molecule has 0 unspecified atom stereocenters. The number of hydrogen-bond acceptors (Lipinski definition) is 5. The van der Waals surface area contributed by atoms with Crippen molar-refractivity contribution in [2.75, 3.05) is 12.8 Å². The number of imide groups is 1. The molecule has 0 aliphatic carbocycles. The minimum atomic E-state index is -1.03. The molecule has 2 N–H and O–H groups in total. The Bertz CT molecular complexity index is 622. The fourth-order valence-electron chi connectivity index (χ4n) is 1.61. The van der Waals surface area contributed by atoms with Crippen molar-refractivity contribution < 1.29 is 19.1 Å². The van der Waals surface area contributed by atoms with Crippen LogP contribution in [-0.2, 0) is 14.3 Å². The average molecular weight is 403 g/mol. The van der Waals surface area contributed by atoms with E-state index in [1.807, 2.05) is 26.0 Å². The van der Waals surface area contributed by atoms with Gasteiger partial charge in [-0.1, -0.05) is 15.9 Å². The van der Waals surface area contributed by atoms with E-state index in [0.29, 0.717) is 0 Å². The van der Waals surface area contributed by atoms with E-state index in [4.69, 9.17) is 4.74 Å². The molecule has 1 aromatic rings. The van der Waals surface area contributed by atoms with Crippen LogP contribution in [0.4, 0.5) is 4.79 Å². The van der Waals surface area contributed by atoms with Crippen molar-refractivity contribution in [1.82, 2.24) is 10.6 Å². The zero-order chi connectivity index (χ0) is 17.6. The van der Waals surface area contributed by atoms with Crippen LogP contribution in [0.2, 0.25) is 0 Å². The fraction of sp³-hybridized carbons (Fsp3) is 0.400. The maximum absolute atomic E-state index is 11.8. The Hall–Kier alpha value is -1.54. The second-order valence-corrected chi connectivity index (χ2v) is 6.73. The summed E-state index contributed by atoms with van der Waals surface area (Å²) in [4.78, 5) is 35.4. The van der Waals surface area contributed by atoms with Gasteiger partial charge in [-0.25, -0.2) is 4.79 Å². The lowest BCUT2D eigenvalue weighted by Crippen LogP contribution is -2.43. The average Bonchev–Trinajstić information content (AvgIpc) is 2.49. The third-order valence-corrected chi connectivity index (χ3v) is 4.93. The van der Waals surface area contributed by atoms with Gasteiger partial charge in [-0.3, -0.25) is 14.9 Å². The maximum atomic E-state index is 11.8.